The van der Waals surface area contributed by atoms with E-state index >= 15 is 0 Å². The van der Waals surface area contributed by atoms with Gasteiger partial charge in [0.25, 0.3) is 0 Å². The molecule has 0 radical (unpaired) electrons. The Hall–Kier alpha value is -2.02. The van der Waals surface area contributed by atoms with Crippen LogP contribution in [0.15, 0.2) is 36.7 Å². The molecular formula is C21H24N4OS. The molecule has 3 aromatic rings. The van der Waals surface area contributed by atoms with Crippen LogP contribution in [0.5, 0.6) is 0 Å². The third-order valence-electron chi connectivity index (χ3n) is 5.85. The molecule has 1 fully saturated rings. The number of aromatic nitrogens is 2. The van der Waals surface area contributed by atoms with Gasteiger partial charge in [0.1, 0.15) is 17.0 Å². The molecule has 5 nitrogen and oxygen atoms in total. The number of rotatable bonds is 3. The molecule has 140 valence electrons. The second-order valence-electron chi connectivity index (χ2n) is 7.65. The maximum absolute atomic E-state index is 10.5. The highest BCUT2D eigenvalue weighted by Gasteiger charge is 2.33. The van der Waals surface area contributed by atoms with Crippen molar-refractivity contribution < 1.29 is 5.11 Å². The van der Waals surface area contributed by atoms with Crippen LogP contribution in [0.25, 0.3) is 10.2 Å². The van der Waals surface area contributed by atoms with Gasteiger partial charge in [-0.2, -0.15) is 0 Å². The number of benzene rings is 1. The Bertz CT molecular complexity index is 964. The van der Waals surface area contributed by atoms with Gasteiger partial charge in [0.05, 0.1) is 17.5 Å². The molecule has 1 aliphatic carbocycles. The van der Waals surface area contributed by atoms with Gasteiger partial charge in [-0.1, -0.05) is 24.3 Å². The number of aliphatic hydroxyl groups is 1. The minimum Gasteiger partial charge on any atom is -0.391 e. The van der Waals surface area contributed by atoms with Crippen LogP contribution in [-0.4, -0.2) is 40.3 Å². The van der Waals surface area contributed by atoms with E-state index in [1.165, 1.54) is 21.4 Å². The van der Waals surface area contributed by atoms with E-state index in [9.17, 15) is 5.11 Å². The molecule has 0 unspecified atom stereocenters. The Labute approximate surface area is 163 Å². The molecule has 27 heavy (non-hydrogen) atoms. The molecule has 2 atom stereocenters. The smallest absolute Gasteiger partial charge is 0.140 e. The van der Waals surface area contributed by atoms with E-state index in [1.807, 2.05) is 0 Å². The van der Waals surface area contributed by atoms with Gasteiger partial charge in [-0.3, -0.25) is 0 Å². The zero-order valence-corrected chi connectivity index (χ0v) is 16.2. The van der Waals surface area contributed by atoms with E-state index in [4.69, 9.17) is 0 Å². The lowest BCUT2D eigenvalue weighted by Gasteiger charge is -2.35. The summed E-state index contributed by atoms with van der Waals surface area (Å²) in [6.45, 7) is 4.07. The Morgan fingerprint density at radius 2 is 2.00 bits per heavy atom. The predicted molar refractivity (Wildman–Crippen MR) is 109 cm³/mol. The number of nitrogens with zero attached hydrogens (tertiary/aromatic N) is 3. The average molecular weight is 381 g/mol. The number of hydrogen-bond acceptors (Lipinski definition) is 6. The number of nitrogens with one attached hydrogen (secondary N) is 1. The lowest BCUT2D eigenvalue weighted by molar-refractivity contribution is 0.131. The fraction of sp³-hybridized carbons (Fsp3) is 0.429. The summed E-state index contributed by atoms with van der Waals surface area (Å²) < 4.78 is 0. The fourth-order valence-corrected chi connectivity index (χ4v) is 5.34. The first-order chi connectivity index (χ1) is 13.2. The second-order valence-corrected chi connectivity index (χ2v) is 8.88. The van der Waals surface area contributed by atoms with Crippen molar-refractivity contribution in [2.45, 2.75) is 44.4 Å². The molecule has 6 heteroatoms. The first kappa shape index (κ1) is 17.1. The maximum atomic E-state index is 10.5. The highest BCUT2D eigenvalue weighted by atomic mass is 32.1. The van der Waals surface area contributed by atoms with E-state index < -0.39 is 0 Å². The Morgan fingerprint density at radius 1 is 1.19 bits per heavy atom. The maximum Gasteiger partial charge on any atom is 0.140 e. The number of aliphatic hydroxyl groups excluding tert-OH is 1. The van der Waals surface area contributed by atoms with Crippen LogP contribution in [-0.2, 0) is 6.42 Å². The third-order valence-corrected chi connectivity index (χ3v) is 6.80. The molecule has 2 N–H and O–H groups in total. The van der Waals surface area contributed by atoms with Crippen LogP contribution in [0.4, 0.5) is 5.82 Å². The molecule has 2 aliphatic rings. The van der Waals surface area contributed by atoms with Crippen molar-refractivity contribution in [2.24, 2.45) is 0 Å². The van der Waals surface area contributed by atoms with Gasteiger partial charge in [-0.25, -0.2) is 9.97 Å². The summed E-state index contributed by atoms with van der Waals surface area (Å²) in [6.07, 6.45) is 4.23. The monoisotopic (exact) mass is 380 g/mol. The van der Waals surface area contributed by atoms with E-state index in [2.05, 4.69) is 57.4 Å². The molecule has 5 rings (SSSR count). The molecule has 0 bridgehead atoms. The molecule has 2 aromatic heterocycles. The molecular weight excluding hydrogens is 356 g/mol. The van der Waals surface area contributed by atoms with Crippen LogP contribution >= 0.6 is 11.3 Å². The summed E-state index contributed by atoms with van der Waals surface area (Å²) >= 11 is 1.73. The van der Waals surface area contributed by atoms with E-state index in [0.29, 0.717) is 6.04 Å². The zero-order valence-electron chi connectivity index (χ0n) is 15.4. The van der Waals surface area contributed by atoms with Crippen LogP contribution < -0.4 is 10.2 Å². The summed E-state index contributed by atoms with van der Waals surface area (Å²) in [4.78, 5) is 13.7. The van der Waals surface area contributed by atoms with Gasteiger partial charge in [0, 0.05) is 30.4 Å². The number of aryl methyl sites for hydroxylation is 1. The normalized spacial score (nSPS) is 23.1. The van der Waals surface area contributed by atoms with Crippen LogP contribution in [0.3, 0.4) is 0 Å². The van der Waals surface area contributed by atoms with Crippen molar-refractivity contribution in [3.63, 3.8) is 0 Å². The van der Waals surface area contributed by atoms with E-state index in [1.54, 1.807) is 17.7 Å². The Morgan fingerprint density at radius 3 is 2.85 bits per heavy atom. The van der Waals surface area contributed by atoms with Crippen LogP contribution in [0.1, 0.15) is 34.9 Å². The minimum atomic E-state index is -0.323. The number of fused-ring (bicyclic) bond motifs is 2. The lowest BCUT2D eigenvalue weighted by Crippen LogP contribution is -2.45. The molecule has 0 saturated carbocycles. The largest absolute Gasteiger partial charge is 0.391 e. The number of hydrogen-bond donors (Lipinski definition) is 2. The first-order valence-corrected chi connectivity index (χ1v) is 10.5. The van der Waals surface area contributed by atoms with E-state index in [0.717, 1.165) is 43.0 Å². The molecule has 1 saturated heterocycles. The van der Waals surface area contributed by atoms with Crippen molar-refractivity contribution >= 4 is 27.4 Å². The molecule has 1 aromatic carbocycles. The van der Waals surface area contributed by atoms with Gasteiger partial charge >= 0.3 is 0 Å². The van der Waals surface area contributed by atoms with Crippen molar-refractivity contribution in [3.8, 4) is 0 Å². The predicted octanol–water partition coefficient (Wildman–Crippen LogP) is 3.22. The summed E-state index contributed by atoms with van der Waals surface area (Å²) in [7, 11) is 0. The molecule has 0 amide bonds. The molecule has 0 spiro atoms. The van der Waals surface area contributed by atoms with Gasteiger partial charge in [0.15, 0.2) is 0 Å². The highest BCUT2D eigenvalue weighted by Crippen LogP contribution is 2.34. The SMILES string of the molecule is Cc1cc2c(N3CCC(N[C@@H]4c5ccccc5C[C@H]4O)CC3)ncnc2s1. The fourth-order valence-electron chi connectivity index (χ4n) is 4.50. The number of anilines is 1. The minimum absolute atomic E-state index is 0.0584. The number of piperidine rings is 1. The quantitative estimate of drug-likeness (QED) is 0.731. The first-order valence-electron chi connectivity index (χ1n) is 9.67. The van der Waals surface area contributed by atoms with Crippen LogP contribution in [0, 0.1) is 6.92 Å². The number of thiophene rings is 1. The van der Waals surface area contributed by atoms with Crippen molar-refractivity contribution in [1.82, 2.24) is 15.3 Å². The van der Waals surface area contributed by atoms with Gasteiger partial charge < -0.3 is 15.3 Å². The second kappa shape index (κ2) is 6.86. The van der Waals surface area contributed by atoms with Crippen molar-refractivity contribution in [1.29, 1.82) is 0 Å². The third kappa shape index (κ3) is 3.12. The Kier molecular flexibility index (Phi) is 4.34. The molecule has 3 heterocycles. The van der Waals surface area contributed by atoms with Crippen molar-refractivity contribution in [2.75, 3.05) is 18.0 Å². The lowest BCUT2D eigenvalue weighted by atomic mass is 10.0. The average Bonchev–Trinajstić information content (AvgIpc) is 3.21. The summed E-state index contributed by atoms with van der Waals surface area (Å²) in [5.41, 5.74) is 2.54. The summed E-state index contributed by atoms with van der Waals surface area (Å²) in [6, 6.07) is 11.1. The van der Waals surface area contributed by atoms with Crippen LogP contribution in [0.2, 0.25) is 0 Å². The summed E-state index contributed by atoms with van der Waals surface area (Å²) in [5, 5.41) is 15.4. The van der Waals surface area contributed by atoms with E-state index in [-0.39, 0.29) is 12.1 Å². The Balaban J connectivity index is 1.28. The van der Waals surface area contributed by atoms with Gasteiger partial charge in [-0.15, -0.1) is 11.3 Å². The van der Waals surface area contributed by atoms with Gasteiger partial charge in [0.2, 0.25) is 0 Å². The highest BCUT2D eigenvalue weighted by molar-refractivity contribution is 7.18. The molecule has 1 aliphatic heterocycles. The standard InChI is InChI=1S/C21H24N4OS/c1-13-10-17-20(22-12-23-21(17)27-13)25-8-6-15(7-9-25)24-19-16-5-3-2-4-14(16)11-18(19)26/h2-5,10,12,15,18-19,24,26H,6-9,11H2,1H3/t18-,19-/m1/s1. The van der Waals surface area contributed by atoms with Crippen molar-refractivity contribution in [3.05, 3.63) is 52.7 Å². The zero-order chi connectivity index (χ0) is 18.4. The topological polar surface area (TPSA) is 61.3 Å². The van der Waals surface area contributed by atoms with Gasteiger partial charge in [-0.05, 0) is 37.0 Å². The summed E-state index contributed by atoms with van der Waals surface area (Å²) in [5.74, 6) is 1.06.